The zero-order valence-corrected chi connectivity index (χ0v) is 13.3. The summed E-state index contributed by atoms with van der Waals surface area (Å²) < 4.78 is 0. The van der Waals surface area contributed by atoms with E-state index >= 15 is 0 Å². The highest BCUT2D eigenvalue weighted by molar-refractivity contribution is 8.14. The van der Waals surface area contributed by atoms with Gasteiger partial charge in [0.2, 0.25) is 0 Å². The van der Waals surface area contributed by atoms with Crippen LogP contribution in [0.1, 0.15) is 56.7 Å². The van der Waals surface area contributed by atoms with Crippen LogP contribution in [-0.4, -0.2) is 16.5 Å². The van der Waals surface area contributed by atoms with Gasteiger partial charge in [-0.1, -0.05) is 49.9 Å². The lowest BCUT2D eigenvalue weighted by Crippen LogP contribution is -2.42. The molecule has 2 nitrogen and oxygen atoms in total. The number of aryl methyl sites for hydroxylation is 1. The summed E-state index contributed by atoms with van der Waals surface area (Å²) in [5, 5.41) is 4.86. The average molecular weight is 288 g/mol. The second-order valence-corrected chi connectivity index (χ2v) is 6.91. The average Bonchev–Trinajstić information content (AvgIpc) is 2.92. The molecule has 1 saturated heterocycles. The van der Waals surface area contributed by atoms with E-state index in [2.05, 4.69) is 43.4 Å². The lowest BCUT2D eigenvalue weighted by molar-refractivity contribution is 0.406. The molecule has 1 unspecified atom stereocenters. The molecule has 20 heavy (non-hydrogen) atoms. The Kier molecular flexibility index (Phi) is 4.06. The molecule has 1 aliphatic carbocycles. The maximum atomic E-state index is 5.04. The van der Waals surface area contributed by atoms with Crippen LogP contribution < -0.4 is 5.32 Å². The van der Waals surface area contributed by atoms with E-state index < -0.39 is 0 Å². The molecule has 2 aliphatic rings. The minimum Gasteiger partial charge on any atom is -0.359 e. The zero-order chi connectivity index (χ0) is 14.0. The molecule has 3 rings (SSSR count). The summed E-state index contributed by atoms with van der Waals surface area (Å²) in [6, 6.07) is 9.18. The molecule has 1 fully saturated rings. The second-order valence-electron chi connectivity index (χ2n) is 5.94. The van der Waals surface area contributed by atoms with Gasteiger partial charge in [-0.3, -0.25) is 4.99 Å². The smallest absolute Gasteiger partial charge is 0.157 e. The molecular weight excluding hydrogens is 264 g/mol. The number of hydrogen-bond donors (Lipinski definition) is 1. The Morgan fingerprint density at radius 3 is 2.85 bits per heavy atom. The molecule has 3 heteroatoms. The van der Waals surface area contributed by atoms with Gasteiger partial charge in [0.25, 0.3) is 0 Å². The summed E-state index contributed by atoms with van der Waals surface area (Å²) in [6.45, 7) is 4.55. The largest absolute Gasteiger partial charge is 0.359 e. The highest BCUT2D eigenvalue weighted by atomic mass is 32.2. The van der Waals surface area contributed by atoms with Crippen molar-refractivity contribution in [1.29, 1.82) is 0 Å². The quantitative estimate of drug-likeness (QED) is 0.896. The molecule has 0 bridgehead atoms. The fraction of sp³-hybridized carbons (Fsp3) is 0.588. The van der Waals surface area contributed by atoms with E-state index in [0.29, 0.717) is 6.04 Å². The first kappa shape index (κ1) is 14.0. The van der Waals surface area contributed by atoms with E-state index in [9.17, 15) is 0 Å². The van der Waals surface area contributed by atoms with Crippen LogP contribution in [0.5, 0.6) is 0 Å². The van der Waals surface area contributed by atoms with Gasteiger partial charge in [0.05, 0.1) is 6.04 Å². The number of hydrogen-bond acceptors (Lipinski definition) is 2. The number of fused-ring (bicyclic) bond motifs is 1. The molecule has 1 heterocycles. The maximum absolute atomic E-state index is 5.04. The van der Waals surface area contributed by atoms with Crippen LogP contribution in [0.15, 0.2) is 29.3 Å². The molecule has 0 spiro atoms. The van der Waals surface area contributed by atoms with Crippen molar-refractivity contribution in [3.05, 3.63) is 35.4 Å². The lowest BCUT2D eigenvalue weighted by atomic mass is 9.88. The number of benzene rings is 1. The van der Waals surface area contributed by atoms with Gasteiger partial charge in [-0.2, -0.15) is 0 Å². The lowest BCUT2D eigenvalue weighted by Gasteiger charge is -2.26. The van der Waals surface area contributed by atoms with Crippen molar-refractivity contribution in [2.45, 2.75) is 57.5 Å². The predicted octanol–water partition coefficient (Wildman–Crippen LogP) is 4.32. The van der Waals surface area contributed by atoms with Gasteiger partial charge in [-0.15, -0.1) is 0 Å². The van der Waals surface area contributed by atoms with Crippen LogP contribution in [0.3, 0.4) is 0 Å². The van der Waals surface area contributed by atoms with Gasteiger partial charge < -0.3 is 5.32 Å². The van der Waals surface area contributed by atoms with E-state index in [1.54, 1.807) is 0 Å². The highest BCUT2D eigenvalue weighted by Crippen LogP contribution is 2.35. The molecule has 1 N–H and O–H groups in total. The number of nitrogens with zero attached hydrogens (tertiary/aromatic N) is 1. The topological polar surface area (TPSA) is 24.4 Å². The third-order valence-corrected chi connectivity index (χ3v) is 6.00. The summed E-state index contributed by atoms with van der Waals surface area (Å²) in [5.74, 6) is 1.16. The summed E-state index contributed by atoms with van der Waals surface area (Å²) in [4.78, 5) is 5.04. The fourth-order valence-electron chi connectivity index (χ4n) is 3.21. The van der Waals surface area contributed by atoms with Crippen molar-refractivity contribution in [3.8, 4) is 0 Å². The van der Waals surface area contributed by atoms with Crippen LogP contribution >= 0.6 is 11.8 Å². The van der Waals surface area contributed by atoms with E-state index in [4.69, 9.17) is 4.99 Å². The van der Waals surface area contributed by atoms with E-state index in [1.165, 1.54) is 43.2 Å². The van der Waals surface area contributed by atoms with Crippen LogP contribution in [0, 0.1) is 0 Å². The van der Waals surface area contributed by atoms with Crippen molar-refractivity contribution in [1.82, 2.24) is 5.32 Å². The van der Waals surface area contributed by atoms with E-state index in [0.717, 1.165) is 10.9 Å². The van der Waals surface area contributed by atoms with E-state index in [1.807, 2.05) is 11.8 Å². The Balaban J connectivity index is 1.81. The van der Waals surface area contributed by atoms with Crippen molar-refractivity contribution in [2.24, 2.45) is 4.99 Å². The number of aliphatic imine (C=N–C) groups is 1. The molecular formula is C17H24N2S. The third-order valence-electron chi connectivity index (χ3n) is 4.82. The molecule has 0 saturated carbocycles. The van der Waals surface area contributed by atoms with Crippen LogP contribution in [0.2, 0.25) is 0 Å². The Bertz CT molecular complexity index is 505. The number of nitrogens with one attached hydrogen (secondary N) is 1. The minimum atomic E-state index is 0.275. The molecule has 0 aromatic heterocycles. The third kappa shape index (κ3) is 2.60. The Morgan fingerprint density at radius 1 is 1.30 bits per heavy atom. The first-order valence-electron chi connectivity index (χ1n) is 7.83. The monoisotopic (exact) mass is 288 g/mol. The molecule has 108 valence electrons. The molecule has 0 amide bonds. The van der Waals surface area contributed by atoms with Gasteiger partial charge in [0.15, 0.2) is 5.17 Å². The summed E-state index contributed by atoms with van der Waals surface area (Å²) in [7, 11) is 0. The summed E-state index contributed by atoms with van der Waals surface area (Å²) in [6.07, 6.45) is 6.02. The van der Waals surface area contributed by atoms with Crippen molar-refractivity contribution in [2.75, 3.05) is 5.75 Å². The second kappa shape index (κ2) is 5.80. The van der Waals surface area contributed by atoms with Crippen LogP contribution in [-0.2, 0) is 6.42 Å². The van der Waals surface area contributed by atoms with Crippen LogP contribution in [0.25, 0.3) is 0 Å². The van der Waals surface area contributed by atoms with E-state index in [-0.39, 0.29) is 5.54 Å². The molecule has 1 aliphatic heterocycles. The fourth-order valence-corrected chi connectivity index (χ4v) is 4.59. The zero-order valence-electron chi connectivity index (χ0n) is 12.5. The van der Waals surface area contributed by atoms with Gasteiger partial charge in [0, 0.05) is 11.3 Å². The number of rotatable bonds is 3. The van der Waals surface area contributed by atoms with Crippen molar-refractivity contribution >= 4 is 16.9 Å². The molecule has 1 aromatic carbocycles. The van der Waals surface area contributed by atoms with Crippen molar-refractivity contribution < 1.29 is 0 Å². The van der Waals surface area contributed by atoms with Gasteiger partial charge in [-0.05, 0) is 43.2 Å². The SMILES string of the molecule is CCC1(CC)CSC(=NC2CCCc3ccccc32)N1. The molecule has 1 aromatic rings. The van der Waals surface area contributed by atoms with Gasteiger partial charge in [0.1, 0.15) is 0 Å². The van der Waals surface area contributed by atoms with Crippen molar-refractivity contribution in [3.63, 3.8) is 0 Å². The Morgan fingerprint density at radius 2 is 2.10 bits per heavy atom. The summed E-state index contributed by atoms with van der Waals surface area (Å²) >= 11 is 1.91. The highest BCUT2D eigenvalue weighted by Gasteiger charge is 2.34. The Labute approximate surface area is 126 Å². The summed E-state index contributed by atoms with van der Waals surface area (Å²) in [5.41, 5.74) is 3.21. The standard InChI is InChI=1S/C17H24N2S/c1-3-17(4-2)12-20-16(19-17)18-15-11-7-9-13-8-5-6-10-14(13)15/h5-6,8,10,15H,3-4,7,9,11-12H2,1-2H3,(H,18,19). The number of amidine groups is 1. The number of thioether (sulfide) groups is 1. The normalized spacial score (nSPS) is 26.3. The van der Waals surface area contributed by atoms with Crippen LogP contribution in [0.4, 0.5) is 0 Å². The first-order valence-corrected chi connectivity index (χ1v) is 8.81. The minimum absolute atomic E-state index is 0.275. The molecule has 0 radical (unpaired) electrons. The van der Waals surface area contributed by atoms with Gasteiger partial charge in [-0.25, -0.2) is 0 Å². The predicted molar refractivity (Wildman–Crippen MR) is 88.5 cm³/mol. The maximum Gasteiger partial charge on any atom is 0.157 e. The van der Waals surface area contributed by atoms with Gasteiger partial charge >= 0.3 is 0 Å². The first-order chi connectivity index (χ1) is 9.76. The molecule has 1 atom stereocenters. The Hall–Kier alpha value is -0.960.